The average molecular weight is 577 g/mol. The molecule has 11 atom stereocenters. The second-order valence-corrected chi connectivity index (χ2v) is 13.8. The molecule has 3 unspecified atom stereocenters. The third kappa shape index (κ3) is 7.00. The molecule has 0 aromatic rings. The Bertz CT molecular complexity index is 1000. The molecule has 0 spiro atoms. The SMILES string of the molecule is C=C1/C(=C/C=C2\CCC[C@@]3(C)C2CC[C@@H]3[C@H](C)CCCC(C)C)CC(O[C@H]2O[C@H](C(=O)O)[C@@H](O)[C@H](O)[C@H]2O)CC1O. The number of hydrogen-bond donors (Lipinski definition) is 5. The highest BCUT2D eigenvalue weighted by Gasteiger charge is 2.51. The van der Waals surface area contributed by atoms with Gasteiger partial charge in [0.1, 0.15) is 18.3 Å². The minimum atomic E-state index is -1.78. The lowest BCUT2D eigenvalue weighted by Gasteiger charge is -2.44. The topological polar surface area (TPSA) is 137 Å². The van der Waals surface area contributed by atoms with Crippen LogP contribution in [0.5, 0.6) is 0 Å². The molecular weight excluding hydrogens is 524 g/mol. The Morgan fingerprint density at radius 3 is 2.51 bits per heavy atom. The lowest BCUT2D eigenvalue weighted by atomic mass is 9.60. The standard InChI is InChI=1S/C33H52O8/c1-18(2)8-6-9-19(3)24-13-14-25-21(10-7-15-33(24,25)5)11-12-22-16-23(17-26(34)20(22)4)40-32-29(37)27(35)28(36)30(41-32)31(38)39/h11-12,18-19,23-30,32,34-37H,4,6-10,13-17H2,1-3,5H3,(H,38,39)/b21-11+,22-12+/t19-,23?,24-,25?,26?,27+,28+,29-,30+,32+,33-/m1/s1. The van der Waals surface area contributed by atoms with E-state index in [1.807, 2.05) is 0 Å². The third-order valence-electron chi connectivity index (χ3n) is 10.6. The maximum absolute atomic E-state index is 11.5. The van der Waals surface area contributed by atoms with Crippen LogP contribution in [0.3, 0.4) is 0 Å². The maximum Gasteiger partial charge on any atom is 0.335 e. The van der Waals surface area contributed by atoms with E-state index < -0.39 is 48.9 Å². The molecule has 4 fully saturated rings. The Labute approximate surface area is 245 Å². The van der Waals surface area contributed by atoms with Gasteiger partial charge in [0, 0.05) is 6.42 Å². The van der Waals surface area contributed by atoms with Crippen molar-refractivity contribution in [3.8, 4) is 0 Å². The molecule has 3 saturated carbocycles. The first-order valence-electron chi connectivity index (χ1n) is 15.7. The predicted octanol–water partition coefficient (Wildman–Crippen LogP) is 4.51. The number of ether oxygens (including phenoxy) is 2. The second kappa shape index (κ2) is 13.4. The molecule has 232 valence electrons. The number of allylic oxidation sites excluding steroid dienone is 3. The van der Waals surface area contributed by atoms with Gasteiger partial charge in [-0.25, -0.2) is 4.79 Å². The second-order valence-electron chi connectivity index (χ2n) is 13.8. The highest BCUT2D eigenvalue weighted by molar-refractivity contribution is 5.73. The van der Waals surface area contributed by atoms with Gasteiger partial charge in [-0.05, 0) is 78.8 Å². The van der Waals surface area contributed by atoms with E-state index in [2.05, 4.69) is 46.4 Å². The van der Waals surface area contributed by atoms with E-state index in [0.717, 1.165) is 29.7 Å². The lowest BCUT2D eigenvalue weighted by Crippen LogP contribution is -2.61. The van der Waals surface area contributed by atoms with Crippen molar-refractivity contribution < 1.29 is 39.8 Å². The Hall–Kier alpha value is -1.55. The van der Waals surface area contributed by atoms with Crippen molar-refractivity contribution in [1.82, 2.24) is 0 Å². The zero-order valence-corrected chi connectivity index (χ0v) is 25.2. The third-order valence-corrected chi connectivity index (χ3v) is 10.6. The molecule has 0 bridgehead atoms. The van der Waals surface area contributed by atoms with Gasteiger partial charge in [-0.2, -0.15) is 0 Å². The van der Waals surface area contributed by atoms with Gasteiger partial charge in [-0.3, -0.25) is 0 Å². The molecule has 4 rings (SSSR count). The normalized spacial score (nSPS) is 42.6. The molecule has 0 aromatic carbocycles. The number of carbonyl (C=O) groups is 1. The van der Waals surface area contributed by atoms with Crippen molar-refractivity contribution in [2.75, 3.05) is 0 Å². The van der Waals surface area contributed by atoms with Crippen molar-refractivity contribution >= 4 is 5.97 Å². The monoisotopic (exact) mass is 576 g/mol. The van der Waals surface area contributed by atoms with Crippen LogP contribution in [-0.4, -0.2) is 74.4 Å². The van der Waals surface area contributed by atoms with Crippen LogP contribution in [0.2, 0.25) is 0 Å². The largest absolute Gasteiger partial charge is 0.479 e. The van der Waals surface area contributed by atoms with Gasteiger partial charge in [-0.15, -0.1) is 0 Å². The fourth-order valence-electron chi connectivity index (χ4n) is 8.17. The van der Waals surface area contributed by atoms with Crippen molar-refractivity contribution in [3.05, 3.63) is 35.5 Å². The number of aliphatic hydroxyl groups excluding tert-OH is 4. The van der Waals surface area contributed by atoms with Crippen LogP contribution < -0.4 is 0 Å². The highest BCUT2D eigenvalue weighted by atomic mass is 16.7. The lowest BCUT2D eigenvalue weighted by molar-refractivity contribution is -0.305. The summed E-state index contributed by atoms with van der Waals surface area (Å²) in [4.78, 5) is 11.5. The van der Waals surface area contributed by atoms with Gasteiger partial charge < -0.3 is 35.0 Å². The molecule has 8 nitrogen and oxygen atoms in total. The number of aliphatic hydroxyl groups is 4. The van der Waals surface area contributed by atoms with Crippen LogP contribution in [0.15, 0.2) is 35.5 Å². The first-order valence-corrected chi connectivity index (χ1v) is 15.7. The molecule has 0 aromatic heterocycles. The summed E-state index contributed by atoms with van der Waals surface area (Å²) < 4.78 is 11.2. The summed E-state index contributed by atoms with van der Waals surface area (Å²) in [5.41, 5.74) is 3.27. The van der Waals surface area contributed by atoms with Crippen molar-refractivity contribution in [1.29, 1.82) is 0 Å². The quantitative estimate of drug-likeness (QED) is 0.271. The van der Waals surface area contributed by atoms with E-state index in [4.69, 9.17) is 9.47 Å². The van der Waals surface area contributed by atoms with E-state index >= 15 is 0 Å². The molecule has 1 aliphatic heterocycles. The van der Waals surface area contributed by atoms with Gasteiger partial charge in [0.25, 0.3) is 0 Å². The van der Waals surface area contributed by atoms with E-state index in [9.17, 15) is 30.3 Å². The molecule has 3 aliphatic carbocycles. The fraction of sp³-hybridized carbons (Fsp3) is 0.788. The van der Waals surface area contributed by atoms with E-state index in [-0.39, 0.29) is 6.42 Å². The average Bonchev–Trinajstić information content (AvgIpc) is 3.27. The van der Waals surface area contributed by atoms with Gasteiger partial charge in [0.15, 0.2) is 12.4 Å². The summed E-state index contributed by atoms with van der Waals surface area (Å²) in [6, 6.07) is 0. The van der Waals surface area contributed by atoms with Crippen LogP contribution in [0, 0.1) is 29.1 Å². The predicted molar refractivity (Wildman–Crippen MR) is 156 cm³/mol. The van der Waals surface area contributed by atoms with Crippen LogP contribution >= 0.6 is 0 Å². The number of carboxylic acids is 1. The summed E-state index contributed by atoms with van der Waals surface area (Å²) in [5, 5.41) is 50.6. The summed E-state index contributed by atoms with van der Waals surface area (Å²) in [6.07, 6.45) is 5.07. The maximum atomic E-state index is 11.5. The summed E-state index contributed by atoms with van der Waals surface area (Å²) in [5.74, 6) is 1.33. The first-order chi connectivity index (χ1) is 19.3. The first kappa shape index (κ1) is 32.4. The molecular formula is C33H52O8. The molecule has 5 N–H and O–H groups in total. The minimum Gasteiger partial charge on any atom is -0.479 e. The zero-order valence-electron chi connectivity index (χ0n) is 25.2. The van der Waals surface area contributed by atoms with Crippen molar-refractivity contribution in [3.63, 3.8) is 0 Å². The van der Waals surface area contributed by atoms with Gasteiger partial charge >= 0.3 is 5.97 Å². The summed E-state index contributed by atoms with van der Waals surface area (Å²) in [6.45, 7) is 13.7. The molecule has 0 amide bonds. The number of fused-ring (bicyclic) bond motifs is 1. The van der Waals surface area contributed by atoms with Crippen molar-refractivity contribution in [2.45, 2.75) is 135 Å². The highest BCUT2D eigenvalue weighted by Crippen LogP contribution is 2.60. The Kier molecular flexibility index (Phi) is 10.6. The molecule has 1 heterocycles. The van der Waals surface area contributed by atoms with E-state index in [0.29, 0.717) is 23.3 Å². The number of hydrogen-bond acceptors (Lipinski definition) is 7. The van der Waals surface area contributed by atoms with Crippen LogP contribution in [0.25, 0.3) is 0 Å². The number of carboxylic acid groups (broad SMARTS) is 1. The van der Waals surface area contributed by atoms with Crippen LogP contribution in [-0.2, 0) is 14.3 Å². The fourth-order valence-corrected chi connectivity index (χ4v) is 8.17. The minimum absolute atomic E-state index is 0.201. The molecule has 8 heteroatoms. The smallest absolute Gasteiger partial charge is 0.335 e. The number of rotatable bonds is 9. The Balaban J connectivity index is 1.45. The Morgan fingerprint density at radius 1 is 1.10 bits per heavy atom. The summed E-state index contributed by atoms with van der Waals surface area (Å²) in [7, 11) is 0. The number of aliphatic carboxylic acids is 1. The zero-order chi connectivity index (χ0) is 30.1. The summed E-state index contributed by atoms with van der Waals surface area (Å²) >= 11 is 0. The Morgan fingerprint density at radius 2 is 1.83 bits per heavy atom. The molecule has 4 aliphatic rings. The van der Waals surface area contributed by atoms with Gasteiger partial charge in [-0.1, -0.05) is 71.3 Å². The molecule has 0 radical (unpaired) electrons. The molecule has 1 saturated heterocycles. The van der Waals surface area contributed by atoms with E-state index in [1.165, 1.54) is 50.5 Å². The van der Waals surface area contributed by atoms with Gasteiger partial charge in [0.05, 0.1) is 12.2 Å². The van der Waals surface area contributed by atoms with Crippen LogP contribution in [0.1, 0.15) is 91.9 Å². The van der Waals surface area contributed by atoms with Crippen molar-refractivity contribution in [2.24, 2.45) is 29.1 Å². The van der Waals surface area contributed by atoms with Gasteiger partial charge in [0.2, 0.25) is 0 Å². The van der Waals surface area contributed by atoms with Crippen LogP contribution in [0.4, 0.5) is 0 Å². The van der Waals surface area contributed by atoms with E-state index in [1.54, 1.807) is 0 Å². The molecule has 41 heavy (non-hydrogen) atoms.